The molecule has 0 unspecified atom stereocenters. The number of benzene rings is 1. The number of nitrogens with zero attached hydrogens (tertiary/aromatic N) is 4. The van der Waals surface area contributed by atoms with Gasteiger partial charge in [-0.2, -0.15) is 5.10 Å². The van der Waals surface area contributed by atoms with Crippen molar-refractivity contribution in [1.82, 2.24) is 19.7 Å². The van der Waals surface area contributed by atoms with Crippen LogP contribution in [0.3, 0.4) is 0 Å². The van der Waals surface area contributed by atoms with E-state index in [1.54, 1.807) is 68.5 Å². The van der Waals surface area contributed by atoms with Crippen LogP contribution in [0.25, 0.3) is 22.5 Å². The maximum Gasteiger partial charge on any atom is 0.256 e. The number of hydrogen-bond donors (Lipinski definition) is 1. The first-order valence-electron chi connectivity index (χ1n) is 9.47. The van der Waals surface area contributed by atoms with Crippen LogP contribution in [0, 0.1) is 6.92 Å². The van der Waals surface area contributed by atoms with E-state index < -0.39 is 0 Å². The molecule has 0 aliphatic rings. The number of fused-ring (bicyclic) bond motifs is 1. The van der Waals surface area contributed by atoms with Gasteiger partial charge >= 0.3 is 0 Å². The normalized spacial score (nSPS) is 11.0. The number of carbonyl (C=O) groups excluding carboxylic acids is 2. The van der Waals surface area contributed by atoms with Gasteiger partial charge in [0.2, 0.25) is 0 Å². The number of anilines is 1. The first-order valence-corrected chi connectivity index (χ1v) is 9.85. The maximum atomic E-state index is 13.2. The highest BCUT2D eigenvalue weighted by Crippen LogP contribution is 2.28. The number of furan rings is 1. The topological polar surface area (TPSA) is 93.3 Å². The van der Waals surface area contributed by atoms with Crippen molar-refractivity contribution in [3.63, 3.8) is 0 Å². The zero-order valence-electron chi connectivity index (χ0n) is 17.4. The Labute approximate surface area is 183 Å². The molecule has 0 aliphatic carbocycles. The average Bonchev–Trinajstić information content (AvgIpc) is 3.35. The van der Waals surface area contributed by atoms with Gasteiger partial charge in [0, 0.05) is 26.8 Å². The number of pyridine rings is 1. The predicted octanol–water partition coefficient (Wildman–Crippen LogP) is 4.14. The molecule has 2 amide bonds. The molecule has 1 N–H and O–H groups in total. The lowest BCUT2D eigenvalue weighted by atomic mass is 10.1. The Hall–Kier alpha value is -3.65. The van der Waals surface area contributed by atoms with Crippen molar-refractivity contribution in [1.29, 1.82) is 0 Å². The Bertz CT molecular complexity index is 1310. The molecule has 0 aliphatic heterocycles. The summed E-state index contributed by atoms with van der Waals surface area (Å²) in [5.74, 6) is -0.0174. The molecule has 0 atom stereocenters. The summed E-state index contributed by atoms with van der Waals surface area (Å²) in [5, 5.41) is 8.16. The monoisotopic (exact) mass is 437 g/mol. The minimum Gasteiger partial charge on any atom is -0.463 e. The standard InChI is InChI=1S/C22H20ClN5O3/c1-12-19-15(11-17(18-6-5-9-31-18)25-20(19)28(4)26-12)21(29)24-13-7-8-14(16(23)10-13)22(30)27(2)3/h5-11H,1-4H3,(H,24,29). The Balaban J connectivity index is 1.74. The highest BCUT2D eigenvalue weighted by molar-refractivity contribution is 6.34. The van der Waals surface area contributed by atoms with Gasteiger partial charge < -0.3 is 14.6 Å². The van der Waals surface area contributed by atoms with Gasteiger partial charge in [0.1, 0.15) is 5.69 Å². The molecule has 0 saturated heterocycles. The van der Waals surface area contributed by atoms with Crippen molar-refractivity contribution in [2.75, 3.05) is 19.4 Å². The number of amides is 2. The van der Waals surface area contributed by atoms with E-state index in [0.717, 1.165) is 0 Å². The van der Waals surface area contributed by atoms with Crippen LogP contribution in [-0.4, -0.2) is 45.6 Å². The molecule has 0 fully saturated rings. The lowest BCUT2D eigenvalue weighted by Crippen LogP contribution is -2.22. The summed E-state index contributed by atoms with van der Waals surface area (Å²) in [6.07, 6.45) is 1.55. The molecule has 158 valence electrons. The van der Waals surface area contributed by atoms with Gasteiger partial charge in [0.05, 0.1) is 33.5 Å². The summed E-state index contributed by atoms with van der Waals surface area (Å²) >= 11 is 6.28. The van der Waals surface area contributed by atoms with Crippen molar-refractivity contribution < 1.29 is 14.0 Å². The fourth-order valence-corrected chi connectivity index (χ4v) is 3.64. The van der Waals surface area contributed by atoms with Gasteiger partial charge in [-0.1, -0.05) is 11.6 Å². The molecule has 0 saturated carbocycles. The second-order valence-corrected chi connectivity index (χ2v) is 7.70. The molecule has 0 radical (unpaired) electrons. The van der Waals surface area contributed by atoms with E-state index in [1.807, 2.05) is 6.92 Å². The third-order valence-corrected chi connectivity index (χ3v) is 5.16. The largest absolute Gasteiger partial charge is 0.463 e. The quantitative estimate of drug-likeness (QED) is 0.517. The summed E-state index contributed by atoms with van der Waals surface area (Å²) in [7, 11) is 5.07. The van der Waals surface area contributed by atoms with E-state index in [0.29, 0.717) is 45.0 Å². The molecule has 31 heavy (non-hydrogen) atoms. The highest BCUT2D eigenvalue weighted by atomic mass is 35.5. The Morgan fingerprint density at radius 3 is 2.58 bits per heavy atom. The smallest absolute Gasteiger partial charge is 0.256 e. The number of nitrogens with one attached hydrogen (secondary N) is 1. The second-order valence-electron chi connectivity index (χ2n) is 7.29. The van der Waals surface area contributed by atoms with Crippen LogP contribution >= 0.6 is 11.6 Å². The Kier molecular flexibility index (Phi) is 5.24. The molecule has 0 spiro atoms. The maximum absolute atomic E-state index is 13.2. The molecule has 9 heteroatoms. The highest BCUT2D eigenvalue weighted by Gasteiger charge is 2.21. The Morgan fingerprint density at radius 2 is 1.94 bits per heavy atom. The molecular formula is C22H20ClN5O3. The fourth-order valence-electron chi connectivity index (χ4n) is 3.38. The number of rotatable bonds is 4. The SMILES string of the molecule is Cc1nn(C)c2nc(-c3ccco3)cc(C(=O)Nc3ccc(C(=O)N(C)C)c(Cl)c3)c12. The second kappa shape index (κ2) is 7.88. The van der Waals surface area contributed by atoms with Gasteiger partial charge in [0.15, 0.2) is 11.4 Å². The van der Waals surface area contributed by atoms with E-state index in [1.165, 1.54) is 4.90 Å². The minimum atomic E-state index is -0.348. The predicted molar refractivity (Wildman–Crippen MR) is 118 cm³/mol. The summed E-state index contributed by atoms with van der Waals surface area (Å²) in [6, 6.07) is 10.00. The van der Waals surface area contributed by atoms with Crippen LogP contribution in [-0.2, 0) is 7.05 Å². The first kappa shape index (κ1) is 20.6. The van der Waals surface area contributed by atoms with Crippen LogP contribution in [0.5, 0.6) is 0 Å². The van der Waals surface area contributed by atoms with Gasteiger partial charge in [-0.15, -0.1) is 0 Å². The Morgan fingerprint density at radius 1 is 1.16 bits per heavy atom. The fraction of sp³-hybridized carbons (Fsp3) is 0.182. The number of carbonyl (C=O) groups is 2. The van der Waals surface area contributed by atoms with Crippen molar-refractivity contribution >= 4 is 40.1 Å². The zero-order valence-corrected chi connectivity index (χ0v) is 18.2. The van der Waals surface area contributed by atoms with Gasteiger partial charge in [-0.3, -0.25) is 14.3 Å². The van der Waals surface area contributed by atoms with E-state index in [2.05, 4.69) is 15.4 Å². The van der Waals surface area contributed by atoms with Crippen LogP contribution in [0.4, 0.5) is 5.69 Å². The summed E-state index contributed by atoms with van der Waals surface area (Å²) in [6.45, 7) is 1.83. The van der Waals surface area contributed by atoms with Crippen molar-refractivity contribution in [2.24, 2.45) is 7.05 Å². The third kappa shape index (κ3) is 3.77. The van der Waals surface area contributed by atoms with E-state index in [4.69, 9.17) is 16.0 Å². The van der Waals surface area contributed by atoms with Crippen molar-refractivity contribution in [2.45, 2.75) is 6.92 Å². The number of halogens is 1. The lowest BCUT2D eigenvalue weighted by molar-refractivity contribution is 0.0827. The molecule has 0 bridgehead atoms. The third-order valence-electron chi connectivity index (χ3n) is 4.85. The van der Waals surface area contributed by atoms with Gasteiger partial charge in [-0.25, -0.2) is 4.98 Å². The molecule has 4 aromatic rings. The molecule has 3 heterocycles. The molecule has 3 aromatic heterocycles. The minimum absolute atomic E-state index is 0.215. The number of aromatic nitrogens is 3. The summed E-state index contributed by atoms with van der Waals surface area (Å²) in [4.78, 5) is 31.5. The first-order chi connectivity index (χ1) is 14.8. The van der Waals surface area contributed by atoms with E-state index in [9.17, 15) is 9.59 Å². The van der Waals surface area contributed by atoms with Gasteiger partial charge in [-0.05, 0) is 43.3 Å². The van der Waals surface area contributed by atoms with Gasteiger partial charge in [0.25, 0.3) is 11.8 Å². The number of hydrogen-bond acceptors (Lipinski definition) is 5. The van der Waals surface area contributed by atoms with Crippen molar-refractivity contribution in [3.05, 3.63) is 64.5 Å². The summed E-state index contributed by atoms with van der Waals surface area (Å²) < 4.78 is 7.09. The lowest BCUT2D eigenvalue weighted by Gasteiger charge is -2.13. The van der Waals surface area contributed by atoms with Crippen molar-refractivity contribution in [3.8, 4) is 11.5 Å². The van der Waals surface area contributed by atoms with E-state index in [-0.39, 0.29) is 16.8 Å². The van der Waals surface area contributed by atoms with Crippen LogP contribution in [0.15, 0.2) is 47.1 Å². The molecule has 8 nitrogen and oxygen atoms in total. The van der Waals surface area contributed by atoms with Crippen LogP contribution < -0.4 is 5.32 Å². The van der Waals surface area contributed by atoms with E-state index >= 15 is 0 Å². The number of aryl methyl sites for hydroxylation is 2. The zero-order chi connectivity index (χ0) is 22.3. The molecule has 1 aromatic carbocycles. The van der Waals surface area contributed by atoms with Crippen LogP contribution in [0.1, 0.15) is 26.4 Å². The average molecular weight is 438 g/mol. The summed E-state index contributed by atoms with van der Waals surface area (Å²) in [5.41, 5.74) is 3.02. The molecule has 4 rings (SSSR count). The molecular weight excluding hydrogens is 418 g/mol. The van der Waals surface area contributed by atoms with Crippen LogP contribution in [0.2, 0.25) is 5.02 Å².